The molecule has 0 saturated heterocycles. The van der Waals surface area contributed by atoms with Gasteiger partial charge in [0, 0.05) is 24.7 Å². The highest BCUT2D eigenvalue weighted by Gasteiger charge is 2.08. The van der Waals surface area contributed by atoms with Gasteiger partial charge < -0.3 is 15.7 Å². The topological polar surface area (TPSA) is 78.4 Å². The minimum absolute atomic E-state index is 0.0840. The fourth-order valence-electron chi connectivity index (χ4n) is 1.62. The summed E-state index contributed by atoms with van der Waals surface area (Å²) in [6, 6.07) is 5.00. The zero-order chi connectivity index (χ0) is 14.4. The Hall–Kier alpha value is -1.88. The van der Waals surface area contributed by atoms with E-state index in [1.807, 2.05) is 13.8 Å². The Bertz CT molecular complexity index is 470. The number of hydrogen-bond donors (Lipinski definition) is 3. The van der Waals surface area contributed by atoms with Crippen molar-refractivity contribution in [3.63, 3.8) is 0 Å². The van der Waals surface area contributed by atoms with E-state index in [1.165, 1.54) is 6.07 Å². The first-order valence-electron chi connectivity index (χ1n) is 6.27. The van der Waals surface area contributed by atoms with E-state index >= 15 is 0 Å². The van der Waals surface area contributed by atoms with Crippen molar-refractivity contribution in [2.24, 2.45) is 0 Å². The quantitative estimate of drug-likeness (QED) is 0.734. The van der Waals surface area contributed by atoms with Crippen LogP contribution in [-0.4, -0.2) is 29.6 Å². The Kier molecular flexibility index (Phi) is 5.51. The zero-order valence-corrected chi connectivity index (χ0v) is 11.5. The number of carboxylic acids is 1. The van der Waals surface area contributed by atoms with Crippen LogP contribution in [0.15, 0.2) is 18.2 Å². The molecule has 19 heavy (non-hydrogen) atoms. The Morgan fingerprint density at radius 1 is 1.32 bits per heavy atom. The number of nitrogens with one attached hydrogen (secondary N) is 2. The van der Waals surface area contributed by atoms with E-state index in [9.17, 15) is 9.59 Å². The second-order valence-electron chi connectivity index (χ2n) is 4.74. The molecule has 3 N–H and O–H groups in total. The van der Waals surface area contributed by atoms with Crippen molar-refractivity contribution in [1.29, 1.82) is 0 Å². The fraction of sp³-hybridized carbons (Fsp3) is 0.429. The maximum atomic E-state index is 11.7. The maximum absolute atomic E-state index is 11.7. The van der Waals surface area contributed by atoms with Crippen molar-refractivity contribution in [1.82, 2.24) is 5.32 Å². The summed E-state index contributed by atoms with van der Waals surface area (Å²) in [5.74, 6) is -1.05. The van der Waals surface area contributed by atoms with Crippen LogP contribution in [0.5, 0.6) is 0 Å². The smallest absolute Gasteiger partial charge is 0.335 e. The molecule has 1 aromatic carbocycles. The first-order valence-corrected chi connectivity index (χ1v) is 6.27. The molecule has 0 fully saturated rings. The molecule has 1 rings (SSSR count). The van der Waals surface area contributed by atoms with Gasteiger partial charge in [-0.3, -0.25) is 4.79 Å². The Labute approximate surface area is 113 Å². The van der Waals surface area contributed by atoms with E-state index in [0.29, 0.717) is 24.7 Å². The van der Waals surface area contributed by atoms with Crippen LogP contribution in [0, 0.1) is 6.92 Å². The average molecular weight is 264 g/mol. The third-order valence-electron chi connectivity index (χ3n) is 2.65. The lowest BCUT2D eigenvalue weighted by Crippen LogP contribution is -2.27. The second-order valence-corrected chi connectivity index (χ2v) is 4.74. The first kappa shape index (κ1) is 15.2. The summed E-state index contributed by atoms with van der Waals surface area (Å²) in [5, 5.41) is 14.8. The molecule has 0 aliphatic carbocycles. The number of carbonyl (C=O) groups is 2. The van der Waals surface area contributed by atoms with Crippen molar-refractivity contribution < 1.29 is 14.7 Å². The molecule has 0 atom stereocenters. The Morgan fingerprint density at radius 3 is 2.53 bits per heavy atom. The predicted molar refractivity (Wildman–Crippen MR) is 74.5 cm³/mol. The number of carbonyl (C=O) groups excluding carboxylic acids is 1. The monoisotopic (exact) mass is 264 g/mol. The van der Waals surface area contributed by atoms with Crippen molar-refractivity contribution in [3.8, 4) is 0 Å². The first-order chi connectivity index (χ1) is 8.90. The van der Waals surface area contributed by atoms with E-state index < -0.39 is 5.97 Å². The Morgan fingerprint density at radius 2 is 2.00 bits per heavy atom. The number of hydrogen-bond acceptors (Lipinski definition) is 3. The molecule has 0 aliphatic rings. The molecule has 0 radical (unpaired) electrons. The number of aryl methyl sites for hydroxylation is 1. The molecule has 0 aliphatic heterocycles. The van der Waals surface area contributed by atoms with E-state index in [2.05, 4.69) is 10.6 Å². The van der Waals surface area contributed by atoms with Gasteiger partial charge in [0.2, 0.25) is 5.91 Å². The van der Waals surface area contributed by atoms with E-state index in [0.717, 1.165) is 5.56 Å². The molecule has 5 nitrogen and oxygen atoms in total. The van der Waals surface area contributed by atoms with Crippen LogP contribution in [0.25, 0.3) is 0 Å². The predicted octanol–water partition coefficient (Wildman–Crippen LogP) is 2.02. The van der Waals surface area contributed by atoms with Gasteiger partial charge in [-0.1, -0.05) is 13.8 Å². The van der Waals surface area contributed by atoms with Crippen molar-refractivity contribution in [2.45, 2.75) is 33.2 Å². The van der Waals surface area contributed by atoms with Crippen molar-refractivity contribution in [2.75, 3.05) is 11.9 Å². The molecular formula is C14H20N2O3. The summed E-state index contributed by atoms with van der Waals surface area (Å²) in [6.07, 6.45) is 0.387. The van der Waals surface area contributed by atoms with Crippen LogP contribution in [-0.2, 0) is 4.79 Å². The highest BCUT2D eigenvalue weighted by Crippen LogP contribution is 2.16. The van der Waals surface area contributed by atoms with Gasteiger partial charge in [0.1, 0.15) is 0 Å². The minimum Gasteiger partial charge on any atom is -0.478 e. The lowest BCUT2D eigenvalue weighted by atomic mass is 10.1. The third-order valence-corrected chi connectivity index (χ3v) is 2.65. The standard InChI is InChI=1S/C14H20N2O3/c1-9(2)15-7-6-13(17)16-12-5-4-11(14(18)19)8-10(12)3/h4-5,8-9,15H,6-7H2,1-3H3,(H,16,17)(H,18,19). The SMILES string of the molecule is Cc1cc(C(=O)O)ccc1NC(=O)CCNC(C)C. The lowest BCUT2D eigenvalue weighted by Gasteiger charge is -2.10. The highest BCUT2D eigenvalue weighted by atomic mass is 16.4. The maximum Gasteiger partial charge on any atom is 0.335 e. The zero-order valence-electron chi connectivity index (χ0n) is 11.5. The normalized spacial score (nSPS) is 10.5. The molecule has 0 unspecified atom stereocenters. The van der Waals surface area contributed by atoms with Crippen molar-refractivity contribution in [3.05, 3.63) is 29.3 Å². The molecule has 0 saturated carbocycles. The highest BCUT2D eigenvalue weighted by molar-refractivity contribution is 5.93. The molecule has 104 valence electrons. The van der Waals surface area contributed by atoms with Crippen LogP contribution >= 0.6 is 0 Å². The molecule has 0 heterocycles. The number of carboxylic acid groups (broad SMARTS) is 1. The van der Waals surface area contributed by atoms with Crippen LogP contribution < -0.4 is 10.6 Å². The fourth-order valence-corrected chi connectivity index (χ4v) is 1.62. The lowest BCUT2D eigenvalue weighted by molar-refractivity contribution is -0.116. The minimum atomic E-state index is -0.970. The number of amides is 1. The number of benzene rings is 1. The van der Waals surface area contributed by atoms with Gasteiger partial charge in [-0.15, -0.1) is 0 Å². The Balaban J connectivity index is 2.57. The second kappa shape index (κ2) is 6.89. The molecule has 1 aromatic rings. The third kappa shape index (κ3) is 5.09. The van der Waals surface area contributed by atoms with Crippen LogP contribution in [0.3, 0.4) is 0 Å². The van der Waals surface area contributed by atoms with Gasteiger partial charge in [0.25, 0.3) is 0 Å². The summed E-state index contributed by atoms with van der Waals surface area (Å²) in [4.78, 5) is 22.5. The van der Waals surface area contributed by atoms with Crippen LogP contribution in [0.2, 0.25) is 0 Å². The van der Waals surface area contributed by atoms with Gasteiger partial charge in [0.05, 0.1) is 5.56 Å². The van der Waals surface area contributed by atoms with E-state index in [1.54, 1.807) is 19.1 Å². The molecule has 0 bridgehead atoms. The molecule has 5 heteroatoms. The van der Waals surface area contributed by atoms with Crippen molar-refractivity contribution >= 4 is 17.6 Å². The summed E-state index contributed by atoms with van der Waals surface area (Å²) in [6.45, 7) is 6.43. The summed E-state index contributed by atoms with van der Waals surface area (Å²) in [5.41, 5.74) is 1.61. The molecule has 0 aromatic heterocycles. The summed E-state index contributed by atoms with van der Waals surface area (Å²) >= 11 is 0. The van der Waals surface area contributed by atoms with E-state index in [-0.39, 0.29) is 11.5 Å². The van der Waals surface area contributed by atoms with Crippen LogP contribution in [0.4, 0.5) is 5.69 Å². The summed E-state index contributed by atoms with van der Waals surface area (Å²) < 4.78 is 0. The number of aromatic carboxylic acids is 1. The van der Waals surface area contributed by atoms with Gasteiger partial charge in [-0.2, -0.15) is 0 Å². The largest absolute Gasteiger partial charge is 0.478 e. The number of anilines is 1. The number of rotatable bonds is 6. The molecular weight excluding hydrogens is 244 g/mol. The van der Waals surface area contributed by atoms with E-state index in [4.69, 9.17) is 5.11 Å². The van der Waals surface area contributed by atoms with Gasteiger partial charge in [0.15, 0.2) is 0 Å². The van der Waals surface area contributed by atoms with Gasteiger partial charge in [-0.25, -0.2) is 4.79 Å². The molecule has 1 amide bonds. The average Bonchev–Trinajstić information content (AvgIpc) is 2.31. The molecule has 0 spiro atoms. The van der Waals surface area contributed by atoms with Gasteiger partial charge >= 0.3 is 5.97 Å². The van der Waals surface area contributed by atoms with Gasteiger partial charge in [-0.05, 0) is 30.7 Å². The summed E-state index contributed by atoms with van der Waals surface area (Å²) in [7, 11) is 0. The van der Waals surface area contributed by atoms with Crippen LogP contribution in [0.1, 0.15) is 36.2 Å².